The van der Waals surface area contributed by atoms with Gasteiger partial charge in [-0.2, -0.15) is 0 Å². The Morgan fingerprint density at radius 2 is 1.04 bits per heavy atom. The maximum absolute atomic E-state index is 2.60. The Morgan fingerprint density at radius 1 is 0.560 bits per heavy atom. The molecule has 1 aliphatic rings. The van der Waals surface area contributed by atoms with E-state index in [1.165, 1.54) is 103 Å². The molecule has 1 unspecified atom stereocenters. The summed E-state index contributed by atoms with van der Waals surface area (Å²) in [5.41, 5.74) is 0. The van der Waals surface area contributed by atoms with Gasteiger partial charge in [-0.05, 0) is 26.2 Å². The van der Waals surface area contributed by atoms with Gasteiger partial charge in [-0.25, -0.2) is 0 Å². The summed E-state index contributed by atoms with van der Waals surface area (Å²) in [7, 11) is 0. The van der Waals surface area contributed by atoms with Crippen LogP contribution in [0.15, 0.2) is 12.4 Å². The summed E-state index contributed by atoms with van der Waals surface area (Å²) in [5.74, 6) is 0. The van der Waals surface area contributed by atoms with Crippen LogP contribution in [0.4, 0.5) is 0 Å². The van der Waals surface area contributed by atoms with Crippen molar-refractivity contribution in [3.05, 3.63) is 12.4 Å². The summed E-state index contributed by atoms with van der Waals surface area (Å²) in [5, 5.41) is 0. The molecule has 0 spiro atoms. The second-order valence-electron chi connectivity index (χ2n) is 7.88. The highest BCUT2D eigenvalue weighted by Crippen LogP contribution is 2.22. The second-order valence-corrected chi connectivity index (χ2v) is 7.88. The Morgan fingerprint density at radius 3 is 1.60 bits per heavy atom. The van der Waals surface area contributed by atoms with E-state index in [4.69, 9.17) is 0 Å². The van der Waals surface area contributed by atoms with Crippen molar-refractivity contribution in [3.8, 4) is 0 Å². The zero-order chi connectivity index (χ0) is 18.2. The number of hydrogen-bond acceptors (Lipinski definition) is 2. The number of nitrogens with zero attached hydrogens (tertiary/aromatic N) is 2. The molecular weight excluding hydrogens is 304 g/mol. The molecule has 2 heteroatoms. The van der Waals surface area contributed by atoms with Crippen LogP contribution in [0.2, 0.25) is 0 Å². The number of hydrogen-bond donors (Lipinski definition) is 0. The monoisotopic (exact) mass is 350 g/mol. The molecule has 148 valence electrons. The van der Waals surface area contributed by atoms with Gasteiger partial charge in [0.15, 0.2) is 0 Å². The van der Waals surface area contributed by atoms with Crippen molar-refractivity contribution in [1.29, 1.82) is 0 Å². The van der Waals surface area contributed by atoms with E-state index < -0.39 is 0 Å². The zero-order valence-electron chi connectivity index (χ0n) is 17.6. The quantitative estimate of drug-likeness (QED) is 0.254. The largest absolute Gasteiger partial charge is 0.356 e. The highest BCUT2D eigenvalue weighted by molar-refractivity contribution is 4.96. The van der Waals surface area contributed by atoms with Crippen LogP contribution < -0.4 is 0 Å². The molecule has 1 rings (SSSR count). The van der Waals surface area contributed by atoms with E-state index in [0.29, 0.717) is 6.17 Å². The summed E-state index contributed by atoms with van der Waals surface area (Å²) in [6.45, 7) is 9.27. The lowest BCUT2D eigenvalue weighted by Crippen LogP contribution is -2.38. The van der Waals surface area contributed by atoms with Gasteiger partial charge in [0.1, 0.15) is 6.17 Å². The summed E-state index contributed by atoms with van der Waals surface area (Å²) in [6.07, 6.45) is 26.4. The van der Waals surface area contributed by atoms with Crippen LogP contribution in [0, 0.1) is 0 Å². The molecule has 0 aliphatic carbocycles. The van der Waals surface area contributed by atoms with Crippen molar-refractivity contribution < 1.29 is 0 Å². The lowest BCUT2D eigenvalue weighted by molar-refractivity contribution is 0.142. The van der Waals surface area contributed by atoms with Gasteiger partial charge in [0.05, 0.1) is 0 Å². The van der Waals surface area contributed by atoms with Crippen molar-refractivity contribution in [3.63, 3.8) is 0 Å². The van der Waals surface area contributed by atoms with Gasteiger partial charge >= 0.3 is 0 Å². The molecule has 0 aromatic carbocycles. The molecular formula is C23H46N2. The third-order valence-corrected chi connectivity index (χ3v) is 5.67. The number of unbranched alkanes of at least 4 members (excludes halogenated alkanes) is 12. The van der Waals surface area contributed by atoms with Crippen molar-refractivity contribution in [2.24, 2.45) is 0 Å². The van der Waals surface area contributed by atoms with Crippen LogP contribution in [0.1, 0.15) is 117 Å². The Balaban J connectivity index is 2.07. The molecule has 0 N–H and O–H groups in total. The third kappa shape index (κ3) is 10.2. The van der Waals surface area contributed by atoms with Gasteiger partial charge in [-0.15, -0.1) is 0 Å². The fraction of sp³-hybridized carbons (Fsp3) is 0.913. The van der Waals surface area contributed by atoms with Crippen molar-refractivity contribution in [2.45, 2.75) is 123 Å². The van der Waals surface area contributed by atoms with E-state index in [9.17, 15) is 0 Å². The highest BCUT2D eigenvalue weighted by atomic mass is 15.4. The Kier molecular flexibility index (Phi) is 14.0. The zero-order valence-corrected chi connectivity index (χ0v) is 17.6. The molecule has 2 nitrogen and oxygen atoms in total. The predicted octanol–water partition coefficient (Wildman–Crippen LogP) is 7.31. The molecule has 0 radical (unpaired) electrons. The van der Waals surface area contributed by atoms with Crippen molar-refractivity contribution >= 4 is 0 Å². The Bertz CT molecular complexity index is 313. The van der Waals surface area contributed by atoms with E-state index in [1.54, 1.807) is 0 Å². The normalized spacial score (nSPS) is 17.0. The SMILES string of the molecule is CCCCCCCCCCCCC1N(CC)C=CN1CCCCCC. The first-order chi connectivity index (χ1) is 12.3. The van der Waals surface area contributed by atoms with Gasteiger partial charge in [0.25, 0.3) is 0 Å². The van der Waals surface area contributed by atoms with Gasteiger partial charge in [0.2, 0.25) is 0 Å². The molecule has 0 saturated carbocycles. The van der Waals surface area contributed by atoms with Gasteiger partial charge < -0.3 is 9.80 Å². The number of rotatable bonds is 17. The van der Waals surface area contributed by atoms with E-state index in [-0.39, 0.29) is 0 Å². The maximum atomic E-state index is 2.60. The first-order valence-electron chi connectivity index (χ1n) is 11.5. The van der Waals surface area contributed by atoms with E-state index in [1.807, 2.05) is 0 Å². The second kappa shape index (κ2) is 15.6. The Labute approximate surface area is 159 Å². The first kappa shape index (κ1) is 22.4. The summed E-state index contributed by atoms with van der Waals surface area (Å²) >= 11 is 0. The van der Waals surface area contributed by atoms with E-state index in [2.05, 4.69) is 43.0 Å². The lowest BCUT2D eigenvalue weighted by Gasteiger charge is -2.32. The van der Waals surface area contributed by atoms with Crippen LogP contribution in [-0.4, -0.2) is 29.1 Å². The Hall–Kier alpha value is -0.660. The standard InChI is InChI=1S/C23H46N2/c1-4-7-9-11-12-13-14-15-16-17-19-23-24(6-3)21-22-25(23)20-18-10-8-5-2/h21-23H,4-20H2,1-3H3. The molecule has 0 fully saturated rings. The van der Waals surface area contributed by atoms with Crippen LogP contribution in [0.25, 0.3) is 0 Å². The molecule has 0 amide bonds. The van der Waals surface area contributed by atoms with Gasteiger partial charge in [-0.1, -0.05) is 90.9 Å². The van der Waals surface area contributed by atoms with Crippen molar-refractivity contribution in [2.75, 3.05) is 13.1 Å². The molecule has 1 heterocycles. The highest BCUT2D eigenvalue weighted by Gasteiger charge is 2.23. The van der Waals surface area contributed by atoms with Crippen LogP contribution in [-0.2, 0) is 0 Å². The average molecular weight is 351 g/mol. The minimum absolute atomic E-state index is 0.640. The maximum Gasteiger partial charge on any atom is 0.101 e. The molecule has 1 aliphatic heterocycles. The summed E-state index contributed by atoms with van der Waals surface area (Å²) < 4.78 is 0. The minimum atomic E-state index is 0.640. The van der Waals surface area contributed by atoms with E-state index >= 15 is 0 Å². The molecule has 0 saturated heterocycles. The molecule has 25 heavy (non-hydrogen) atoms. The fourth-order valence-corrected chi connectivity index (χ4v) is 3.97. The van der Waals surface area contributed by atoms with Gasteiger partial charge in [-0.3, -0.25) is 0 Å². The lowest BCUT2D eigenvalue weighted by atomic mass is 10.0. The molecule has 1 atom stereocenters. The first-order valence-corrected chi connectivity index (χ1v) is 11.5. The molecule has 0 aromatic heterocycles. The predicted molar refractivity (Wildman–Crippen MR) is 113 cm³/mol. The fourth-order valence-electron chi connectivity index (χ4n) is 3.97. The van der Waals surface area contributed by atoms with Gasteiger partial charge in [0, 0.05) is 25.5 Å². The third-order valence-electron chi connectivity index (χ3n) is 5.67. The average Bonchev–Trinajstić information content (AvgIpc) is 3.02. The van der Waals surface area contributed by atoms with E-state index in [0.717, 1.165) is 6.54 Å². The molecule has 0 bridgehead atoms. The molecule has 0 aromatic rings. The smallest absolute Gasteiger partial charge is 0.101 e. The van der Waals surface area contributed by atoms with Crippen LogP contribution in [0.3, 0.4) is 0 Å². The van der Waals surface area contributed by atoms with Crippen LogP contribution >= 0.6 is 0 Å². The summed E-state index contributed by atoms with van der Waals surface area (Å²) in [6, 6.07) is 0. The summed E-state index contributed by atoms with van der Waals surface area (Å²) in [4.78, 5) is 5.14. The van der Waals surface area contributed by atoms with Crippen molar-refractivity contribution in [1.82, 2.24) is 9.80 Å². The minimum Gasteiger partial charge on any atom is -0.356 e. The van der Waals surface area contributed by atoms with Crippen LogP contribution in [0.5, 0.6) is 0 Å². The topological polar surface area (TPSA) is 6.48 Å².